The molecule has 0 radical (unpaired) electrons. The number of hydrogen-bond donors (Lipinski definition) is 2. The van der Waals surface area contributed by atoms with Crippen molar-refractivity contribution in [1.29, 1.82) is 0 Å². The molecule has 4 rings (SSSR count). The molecule has 0 bridgehead atoms. The van der Waals surface area contributed by atoms with E-state index in [1.165, 1.54) is 17.1 Å². The van der Waals surface area contributed by atoms with Crippen LogP contribution in [0.15, 0.2) is 82.9 Å². The Morgan fingerprint density at radius 1 is 1.16 bits per heavy atom. The number of rotatable bonds is 10. The molecule has 0 saturated carbocycles. The van der Waals surface area contributed by atoms with Gasteiger partial charge in [-0.1, -0.05) is 60.3 Å². The summed E-state index contributed by atoms with van der Waals surface area (Å²) in [6.45, 7) is 4.90. The van der Waals surface area contributed by atoms with Crippen molar-refractivity contribution in [2.45, 2.75) is 18.2 Å². The summed E-state index contributed by atoms with van der Waals surface area (Å²) in [5.74, 6) is 0.760. The standard InChI is InChI=1S/C23H22N6OS2/c1-2-12-29-21(15-24-20-11-5-8-17-7-3-4-10-19(17)20)26-28-23(29)32-16-22(30)27-25-14-18-9-6-13-31-18/h2-11,13-14,24H,1,12,15-16H2,(H,27,30)/b25-14+. The van der Waals surface area contributed by atoms with Gasteiger partial charge in [0.1, 0.15) is 0 Å². The lowest BCUT2D eigenvalue weighted by molar-refractivity contribution is -0.118. The number of nitrogens with one attached hydrogen (secondary N) is 2. The Bertz CT molecular complexity index is 1230. The highest BCUT2D eigenvalue weighted by Gasteiger charge is 2.13. The Balaban J connectivity index is 1.38. The summed E-state index contributed by atoms with van der Waals surface area (Å²) in [6.07, 6.45) is 3.42. The van der Waals surface area contributed by atoms with Crippen molar-refractivity contribution in [1.82, 2.24) is 20.2 Å². The second-order valence-corrected chi connectivity index (χ2v) is 8.70. The van der Waals surface area contributed by atoms with Gasteiger partial charge in [-0.2, -0.15) is 5.10 Å². The Hall–Kier alpha value is -3.43. The first-order chi connectivity index (χ1) is 15.7. The summed E-state index contributed by atoms with van der Waals surface area (Å²) in [7, 11) is 0. The van der Waals surface area contributed by atoms with Gasteiger partial charge in [0.15, 0.2) is 11.0 Å². The van der Waals surface area contributed by atoms with E-state index >= 15 is 0 Å². The van der Waals surface area contributed by atoms with Crippen LogP contribution >= 0.6 is 23.1 Å². The molecule has 4 aromatic rings. The zero-order valence-electron chi connectivity index (χ0n) is 17.3. The zero-order valence-corrected chi connectivity index (χ0v) is 18.9. The Morgan fingerprint density at radius 2 is 2.03 bits per heavy atom. The van der Waals surface area contributed by atoms with Crippen molar-refractivity contribution in [3.05, 3.63) is 83.3 Å². The highest BCUT2D eigenvalue weighted by Crippen LogP contribution is 2.24. The molecule has 0 aliphatic carbocycles. The minimum absolute atomic E-state index is 0.188. The molecule has 0 atom stereocenters. The number of fused-ring (bicyclic) bond motifs is 1. The van der Waals surface area contributed by atoms with Crippen LogP contribution in [0.4, 0.5) is 5.69 Å². The van der Waals surface area contributed by atoms with Gasteiger partial charge in [-0.05, 0) is 22.9 Å². The van der Waals surface area contributed by atoms with Gasteiger partial charge < -0.3 is 9.88 Å². The summed E-state index contributed by atoms with van der Waals surface area (Å²) in [6, 6.07) is 18.3. The van der Waals surface area contributed by atoms with Crippen molar-refractivity contribution < 1.29 is 4.79 Å². The number of hydrazone groups is 1. The minimum Gasteiger partial charge on any atom is -0.377 e. The Kier molecular flexibility index (Phi) is 7.31. The third-order valence-electron chi connectivity index (χ3n) is 4.59. The summed E-state index contributed by atoms with van der Waals surface area (Å²) >= 11 is 2.87. The number of nitrogens with zero attached hydrogens (tertiary/aromatic N) is 4. The number of thiophene rings is 1. The first kappa shape index (κ1) is 21.8. The van der Waals surface area contributed by atoms with Crippen LogP contribution < -0.4 is 10.7 Å². The van der Waals surface area contributed by atoms with E-state index in [-0.39, 0.29) is 11.7 Å². The molecular weight excluding hydrogens is 440 g/mol. The van der Waals surface area contributed by atoms with Gasteiger partial charge in [0.05, 0.1) is 18.5 Å². The maximum atomic E-state index is 12.1. The molecule has 2 aromatic carbocycles. The number of aromatic nitrogens is 3. The van der Waals surface area contributed by atoms with Crippen molar-refractivity contribution in [3.8, 4) is 0 Å². The van der Waals surface area contributed by atoms with Crippen LogP contribution in [0, 0.1) is 0 Å². The molecular formula is C23H22N6OS2. The monoisotopic (exact) mass is 462 g/mol. The van der Waals surface area contributed by atoms with E-state index in [2.05, 4.69) is 50.8 Å². The van der Waals surface area contributed by atoms with E-state index in [0.29, 0.717) is 18.2 Å². The number of allylic oxidation sites excluding steroid dienone is 1. The molecule has 9 heteroatoms. The van der Waals surface area contributed by atoms with E-state index < -0.39 is 0 Å². The topological polar surface area (TPSA) is 84.2 Å². The molecule has 0 saturated heterocycles. The van der Waals surface area contributed by atoms with Crippen molar-refractivity contribution in [2.75, 3.05) is 11.1 Å². The van der Waals surface area contributed by atoms with Crippen LogP contribution in [-0.2, 0) is 17.9 Å². The van der Waals surface area contributed by atoms with Gasteiger partial charge in [0, 0.05) is 22.5 Å². The molecule has 7 nitrogen and oxygen atoms in total. The molecule has 0 fully saturated rings. The lowest BCUT2D eigenvalue weighted by atomic mass is 10.1. The molecule has 2 heterocycles. The molecule has 0 aliphatic rings. The van der Waals surface area contributed by atoms with Crippen LogP contribution in [0.25, 0.3) is 10.8 Å². The summed E-state index contributed by atoms with van der Waals surface area (Å²) in [5.41, 5.74) is 3.58. The molecule has 1 amide bonds. The predicted molar refractivity (Wildman–Crippen MR) is 132 cm³/mol. The van der Waals surface area contributed by atoms with E-state index in [0.717, 1.165) is 21.8 Å². The van der Waals surface area contributed by atoms with Gasteiger partial charge in [-0.15, -0.1) is 28.1 Å². The van der Waals surface area contributed by atoms with Crippen LogP contribution in [-0.4, -0.2) is 32.6 Å². The summed E-state index contributed by atoms with van der Waals surface area (Å²) < 4.78 is 1.96. The van der Waals surface area contributed by atoms with E-state index in [4.69, 9.17) is 0 Å². The van der Waals surface area contributed by atoms with Crippen LogP contribution in [0.1, 0.15) is 10.7 Å². The normalized spacial score (nSPS) is 11.1. The maximum absolute atomic E-state index is 12.1. The third-order valence-corrected chi connectivity index (χ3v) is 6.36. The van der Waals surface area contributed by atoms with Gasteiger partial charge in [0.2, 0.25) is 0 Å². The molecule has 2 aromatic heterocycles. The fraction of sp³-hybridized carbons (Fsp3) is 0.130. The van der Waals surface area contributed by atoms with Gasteiger partial charge in [-0.3, -0.25) is 4.79 Å². The number of amides is 1. The lowest BCUT2D eigenvalue weighted by Gasteiger charge is -2.11. The molecule has 2 N–H and O–H groups in total. The highest BCUT2D eigenvalue weighted by atomic mass is 32.2. The van der Waals surface area contributed by atoms with Crippen molar-refractivity contribution >= 4 is 51.7 Å². The molecule has 32 heavy (non-hydrogen) atoms. The third kappa shape index (κ3) is 5.43. The SMILES string of the molecule is C=CCn1c(CNc2cccc3ccccc23)nnc1SCC(=O)N/N=C/c1cccs1. The van der Waals surface area contributed by atoms with Gasteiger partial charge in [0.25, 0.3) is 5.91 Å². The average Bonchev–Trinajstić information content (AvgIpc) is 3.47. The highest BCUT2D eigenvalue weighted by molar-refractivity contribution is 7.99. The van der Waals surface area contributed by atoms with Crippen LogP contribution in [0.5, 0.6) is 0 Å². The second kappa shape index (κ2) is 10.7. The number of thioether (sulfide) groups is 1. The largest absolute Gasteiger partial charge is 0.377 e. The lowest BCUT2D eigenvalue weighted by Crippen LogP contribution is -2.20. The quantitative estimate of drug-likeness (QED) is 0.157. The predicted octanol–water partition coefficient (Wildman–Crippen LogP) is 4.53. The van der Waals surface area contributed by atoms with E-state index in [9.17, 15) is 4.79 Å². The van der Waals surface area contributed by atoms with Gasteiger partial charge in [-0.25, -0.2) is 5.43 Å². The molecule has 0 aliphatic heterocycles. The van der Waals surface area contributed by atoms with Crippen LogP contribution in [0.3, 0.4) is 0 Å². The zero-order chi connectivity index (χ0) is 22.2. The Morgan fingerprint density at radius 3 is 2.88 bits per heavy atom. The smallest absolute Gasteiger partial charge is 0.250 e. The average molecular weight is 463 g/mol. The number of carbonyl (C=O) groups excluding carboxylic acids is 1. The summed E-state index contributed by atoms with van der Waals surface area (Å²) in [5, 5.41) is 21.0. The van der Waals surface area contributed by atoms with E-state index in [1.807, 2.05) is 46.3 Å². The fourth-order valence-corrected chi connectivity index (χ4v) is 4.46. The molecule has 0 unspecified atom stereocenters. The first-order valence-electron chi connectivity index (χ1n) is 9.97. The number of hydrogen-bond acceptors (Lipinski definition) is 7. The molecule has 0 spiro atoms. The minimum atomic E-state index is -0.202. The first-order valence-corrected chi connectivity index (χ1v) is 11.8. The number of benzene rings is 2. The summed E-state index contributed by atoms with van der Waals surface area (Å²) in [4.78, 5) is 13.1. The number of carbonyl (C=O) groups is 1. The number of anilines is 1. The van der Waals surface area contributed by atoms with E-state index in [1.54, 1.807) is 23.6 Å². The van der Waals surface area contributed by atoms with Gasteiger partial charge >= 0.3 is 0 Å². The van der Waals surface area contributed by atoms with Crippen LogP contribution in [0.2, 0.25) is 0 Å². The fourth-order valence-electron chi connectivity index (χ4n) is 3.12. The molecule has 162 valence electrons. The maximum Gasteiger partial charge on any atom is 0.250 e. The second-order valence-electron chi connectivity index (χ2n) is 6.78. The van der Waals surface area contributed by atoms with Crippen molar-refractivity contribution in [3.63, 3.8) is 0 Å². The Labute approximate surface area is 194 Å². The van der Waals surface area contributed by atoms with Crippen molar-refractivity contribution in [2.24, 2.45) is 5.10 Å².